The van der Waals surface area contributed by atoms with Crippen LogP contribution in [0.2, 0.25) is 5.02 Å². The summed E-state index contributed by atoms with van der Waals surface area (Å²) in [7, 11) is 1.69. The summed E-state index contributed by atoms with van der Waals surface area (Å²) in [6.07, 6.45) is 0.718. The van der Waals surface area contributed by atoms with Crippen molar-refractivity contribution < 1.29 is 4.79 Å². The molecule has 0 aliphatic carbocycles. The van der Waals surface area contributed by atoms with Crippen molar-refractivity contribution in [1.29, 1.82) is 0 Å². The summed E-state index contributed by atoms with van der Waals surface area (Å²) in [6, 6.07) is 0. The molecule has 2 rings (SSSR count). The minimum Gasteiger partial charge on any atom is -0.341 e. The number of carbonyl (C=O) groups is 1. The van der Waals surface area contributed by atoms with Gasteiger partial charge in [-0.05, 0) is 26.3 Å². The summed E-state index contributed by atoms with van der Waals surface area (Å²) in [5, 5.41) is 0.426. The Morgan fingerprint density at radius 3 is 2.68 bits per heavy atom. The third kappa shape index (κ3) is 3.23. The van der Waals surface area contributed by atoms with Gasteiger partial charge in [0.2, 0.25) is 0 Å². The molecule has 1 amide bonds. The number of likely N-dealkylation sites (N-methyl/N-ethyl adjacent to an activating group) is 1. The number of hydrogen-bond acceptors (Lipinski definition) is 4. The van der Waals surface area contributed by atoms with Gasteiger partial charge in [0, 0.05) is 30.6 Å². The first kappa shape index (κ1) is 16.7. The Morgan fingerprint density at radius 1 is 1.41 bits per heavy atom. The van der Waals surface area contributed by atoms with Crippen molar-refractivity contribution in [3.8, 4) is 0 Å². The van der Waals surface area contributed by atoms with Crippen molar-refractivity contribution >= 4 is 28.8 Å². The molecule has 0 aromatic carbocycles. The minimum absolute atomic E-state index is 0.110. The smallest absolute Gasteiger partial charge is 0.261 e. The average Bonchev–Trinajstić information content (AvgIpc) is 2.87. The Labute approximate surface area is 138 Å². The zero-order chi connectivity index (χ0) is 16.4. The highest BCUT2D eigenvalue weighted by Crippen LogP contribution is 2.20. The first-order valence-electron chi connectivity index (χ1n) is 6.86. The topological polar surface area (TPSA) is 66.1 Å². The van der Waals surface area contributed by atoms with Crippen molar-refractivity contribution in [3.05, 3.63) is 48.3 Å². The second kappa shape index (κ2) is 6.62. The molecule has 5 nitrogen and oxygen atoms in total. The molecule has 0 bridgehead atoms. The normalized spacial score (nSPS) is 10.8. The number of hydrogen-bond donors (Lipinski definition) is 1. The second-order valence-electron chi connectivity index (χ2n) is 5.23. The number of halogens is 1. The molecule has 0 saturated heterocycles. The third-order valence-corrected chi connectivity index (χ3v) is 5.20. The highest BCUT2D eigenvalue weighted by atomic mass is 35.5. The molecule has 0 atom stereocenters. The standard InChI is InChI=1S/C15H18ClN3O2S/c1-8-12(14(20)18-10(3)13(8)16)15(21)19(4)6-5-11-9(2)17-7-22-11/h7H,5-6H2,1-4H3,(H,18,20). The maximum atomic E-state index is 12.5. The zero-order valence-electron chi connectivity index (χ0n) is 13.0. The molecule has 2 aromatic heterocycles. The molecule has 2 heterocycles. The van der Waals surface area contributed by atoms with Crippen LogP contribution in [0.3, 0.4) is 0 Å². The lowest BCUT2D eigenvalue weighted by Gasteiger charge is -2.18. The van der Waals surface area contributed by atoms with E-state index in [1.165, 1.54) is 0 Å². The number of thiazole rings is 1. The summed E-state index contributed by atoms with van der Waals surface area (Å²) in [5.41, 5.74) is 3.58. The quantitative estimate of drug-likeness (QED) is 0.931. The van der Waals surface area contributed by atoms with E-state index in [-0.39, 0.29) is 11.5 Å². The van der Waals surface area contributed by atoms with Gasteiger partial charge in [0.05, 0.1) is 16.2 Å². The Balaban J connectivity index is 2.20. The van der Waals surface area contributed by atoms with Gasteiger partial charge in [-0.15, -0.1) is 11.3 Å². The van der Waals surface area contributed by atoms with Gasteiger partial charge < -0.3 is 9.88 Å². The number of aryl methyl sites for hydroxylation is 2. The lowest BCUT2D eigenvalue weighted by atomic mass is 10.1. The fourth-order valence-electron chi connectivity index (χ4n) is 2.23. The van der Waals surface area contributed by atoms with E-state index in [2.05, 4.69) is 9.97 Å². The molecule has 22 heavy (non-hydrogen) atoms. The number of nitrogens with one attached hydrogen (secondary N) is 1. The van der Waals surface area contributed by atoms with Gasteiger partial charge >= 0.3 is 0 Å². The number of aromatic amines is 1. The van der Waals surface area contributed by atoms with Crippen molar-refractivity contribution in [2.75, 3.05) is 13.6 Å². The minimum atomic E-state index is -0.398. The number of H-pyrrole nitrogens is 1. The van der Waals surface area contributed by atoms with Gasteiger partial charge in [-0.3, -0.25) is 9.59 Å². The predicted molar refractivity (Wildman–Crippen MR) is 89.1 cm³/mol. The molecular weight excluding hydrogens is 322 g/mol. The van der Waals surface area contributed by atoms with E-state index >= 15 is 0 Å². The number of pyridine rings is 1. The van der Waals surface area contributed by atoms with Crippen molar-refractivity contribution in [1.82, 2.24) is 14.9 Å². The van der Waals surface area contributed by atoms with Gasteiger partial charge in [0.25, 0.3) is 11.5 Å². The number of amides is 1. The van der Waals surface area contributed by atoms with Crippen LogP contribution in [-0.2, 0) is 6.42 Å². The van der Waals surface area contributed by atoms with Crippen LogP contribution in [0.1, 0.15) is 32.2 Å². The van der Waals surface area contributed by atoms with Crippen LogP contribution in [0, 0.1) is 20.8 Å². The molecule has 0 radical (unpaired) electrons. The summed E-state index contributed by atoms with van der Waals surface area (Å²) in [4.78, 5) is 34.1. The molecular formula is C15H18ClN3O2S. The van der Waals surface area contributed by atoms with E-state index in [1.807, 2.05) is 6.92 Å². The van der Waals surface area contributed by atoms with Crippen LogP contribution in [0.5, 0.6) is 0 Å². The van der Waals surface area contributed by atoms with Gasteiger partial charge in [0.1, 0.15) is 5.56 Å². The van der Waals surface area contributed by atoms with Crippen molar-refractivity contribution in [2.24, 2.45) is 0 Å². The second-order valence-corrected chi connectivity index (χ2v) is 6.55. The summed E-state index contributed by atoms with van der Waals surface area (Å²) in [5.74, 6) is -0.317. The fourth-order valence-corrected chi connectivity index (χ4v) is 3.15. The Bertz CT molecular complexity index is 767. The van der Waals surface area contributed by atoms with Crippen LogP contribution in [0.25, 0.3) is 0 Å². The summed E-state index contributed by atoms with van der Waals surface area (Å²) in [6.45, 7) is 5.87. The van der Waals surface area contributed by atoms with Crippen molar-refractivity contribution in [2.45, 2.75) is 27.2 Å². The van der Waals surface area contributed by atoms with Crippen LogP contribution >= 0.6 is 22.9 Å². The SMILES string of the molecule is Cc1ncsc1CCN(C)C(=O)c1c(C)c(Cl)c(C)[nH]c1=O. The molecule has 0 spiro atoms. The maximum Gasteiger partial charge on any atom is 0.261 e. The number of rotatable bonds is 4. The molecule has 7 heteroatoms. The first-order chi connectivity index (χ1) is 10.3. The molecule has 118 valence electrons. The molecule has 0 aliphatic rings. The molecule has 0 unspecified atom stereocenters. The molecule has 1 N–H and O–H groups in total. The zero-order valence-corrected chi connectivity index (χ0v) is 14.6. The fraction of sp³-hybridized carbons (Fsp3) is 0.400. The Kier molecular flexibility index (Phi) is 5.03. The van der Waals surface area contributed by atoms with Gasteiger partial charge in [0.15, 0.2) is 0 Å². The number of aromatic nitrogens is 2. The van der Waals surface area contributed by atoms with Gasteiger partial charge in [-0.1, -0.05) is 11.6 Å². The van der Waals surface area contributed by atoms with Crippen LogP contribution in [-0.4, -0.2) is 34.4 Å². The molecule has 0 fully saturated rings. The average molecular weight is 340 g/mol. The van der Waals surface area contributed by atoms with Crippen LogP contribution in [0.15, 0.2) is 10.3 Å². The summed E-state index contributed by atoms with van der Waals surface area (Å²) >= 11 is 7.71. The molecule has 0 saturated carbocycles. The number of carbonyl (C=O) groups excluding carboxylic acids is 1. The van der Waals surface area contributed by atoms with E-state index in [0.29, 0.717) is 22.8 Å². The highest BCUT2D eigenvalue weighted by molar-refractivity contribution is 7.09. The molecule has 0 aliphatic heterocycles. The van der Waals surface area contributed by atoms with E-state index in [1.54, 1.807) is 42.6 Å². The van der Waals surface area contributed by atoms with E-state index < -0.39 is 5.56 Å². The van der Waals surface area contributed by atoms with Gasteiger partial charge in [-0.2, -0.15) is 0 Å². The van der Waals surface area contributed by atoms with Crippen LogP contribution < -0.4 is 5.56 Å². The summed E-state index contributed by atoms with van der Waals surface area (Å²) < 4.78 is 0. The van der Waals surface area contributed by atoms with E-state index in [9.17, 15) is 9.59 Å². The van der Waals surface area contributed by atoms with Crippen LogP contribution in [0.4, 0.5) is 0 Å². The Morgan fingerprint density at radius 2 is 2.09 bits per heavy atom. The number of nitrogens with zero attached hydrogens (tertiary/aromatic N) is 2. The van der Waals surface area contributed by atoms with E-state index in [4.69, 9.17) is 11.6 Å². The lowest BCUT2D eigenvalue weighted by molar-refractivity contribution is 0.0794. The highest BCUT2D eigenvalue weighted by Gasteiger charge is 2.21. The lowest BCUT2D eigenvalue weighted by Crippen LogP contribution is -2.34. The largest absolute Gasteiger partial charge is 0.341 e. The first-order valence-corrected chi connectivity index (χ1v) is 8.12. The third-order valence-electron chi connectivity index (χ3n) is 3.64. The maximum absolute atomic E-state index is 12.5. The van der Waals surface area contributed by atoms with Gasteiger partial charge in [-0.25, -0.2) is 4.98 Å². The predicted octanol–water partition coefficient (Wildman–Crippen LogP) is 2.72. The monoisotopic (exact) mass is 339 g/mol. The van der Waals surface area contributed by atoms with Crippen molar-refractivity contribution in [3.63, 3.8) is 0 Å². The van der Waals surface area contributed by atoms with E-state index in [0.717, 1.165) is 17.0 Å². The molecule has 2 aromatic rings. The Hall–Kier alpha value is -1.66.